The second-order valence-electron chi connectivity index (χ2n) is 7.54. The van der Waals surface area contributed by atoms with Gasteiger partial charge in [-0.25, -0.2) is 14.8 Å². The van der Waals surface area contributed by atoms with Gasteiger partial charge in [-0.1, -0.05) is 12.1 Å². The molecule has 0 fully saturated rings. The Labute approximate surface area is 168 Å². The summed E-state index contributed by atoms with van der Waals surface area (Å²) >= 11 is 3.28. The third kappa shape index (κ3) is 7.17. The summed E-state index contributed by atoms with van der Waals surface area (Å²) in [6.07, 6.45) is 3.98. The van der Waals surface area contributed by atoms with E-state index in [4.69, 9.17) is 14.2 Å². The Kier molecular flexibility index (Phi) is 6.81. The summed E-state index contributed by atoms with van der Waals surface area (Å²) in [6.45, 7) is 9.35. The third-order valence-electron chi connectivity index (χ3n) is 3.41. The molecular weight excluding hydrogens is 412 g/mol. The summed E-state index contributed by atoms with van der Waals surface area (Å²) in [6, 6.07) is 7.88. The number of nitrogens with zero attached hydrogens (tertiary/aromatic N) is 2. The van der Waals surface area contributed by atoms with Crippen LogP contribution < -0.4 is 9.47 Å². The zero-order valence-corrected chi connectivity index (χ0v) is 17.9. The highest BCUT2D eigenvalue weighted by Crippen LogP contribution is 2.22. The van der Waals surface area contributed by atoms with Crippen LogP contribution in [0.5, 0.6) is 11.8 Å². The maximum absolute atomic E-state index is 12.3. The molecular formula is C20H25BrN2O4. The fraction of sp³-hybridized carbons (Fsp3) is 0.450. The number of hydrogen-bond donors (Lipinski definition) is 0. The molecule has 2 aromatic rings. The molecule has 0 saturated carbocycles. The van der Waals surface area contributed by atoms with Crippen molar-refractivity contribution in [2.45, 2.75) is 52.2 Å². The van der Waals surface area contributed by atoms with Crippen molar-refractivity contribution in [3.8, 4) is 11.8 Å². The molecule has 2 rings (SSSR count). The van der Waals surface area contributed by atoms with Crippen LogP contribution in [0.3, 0.4) is 0 Å². The van der Waals surface area contributed by atoms with E-state index in [1.807, 2.05) is 45.0 Å². The first-order chi connectivity index (χ1) is 12.5. The zero-order chi connectivity index (χ0) is 20.1. The molecule has 6 nitrogen and oxygen atoms in total. The van der Waals surface area contributed by atoms with Gasteiger partial charge in [-0.05, 0) is 68.2 Å². The van der Waals surface area contributed by atoms with Crippen molar-refractivity contribution in [3.63, 3.8) is 0 Å². The molecule has 1 aromatic carbocycles. The number of halogens is 1. The van der Waals surface area contributed by atoms with Gasteiger partial charge in [-0.3, -0.25) is 0 Å². The van der Waals surface area contributed by atoms with Crippen molar-refractivity contribution in [3.05, 3.63) is 46.7 Å². The lowest BCUT2D eigenvalue weighted by molar-refractivity contribution is -0.170. The molecule has 0 aliphatic rings. The lowest BCUT2D eigenvalue weighted by Gasteiger charge is -2.29. The van der Waals surface area contributed by atoms with E-state index in [0.717, 1.165) is 10.0 Å². The number of carbonyl (C=O) groups excluding carboxylic acids is 1. The largest absolute Gasteiger partial charge is 0.476 e. The second kappa shape index (κ2) is 8.69. The average molecular weight is 437 g/mol. The van der Waals surface area contributed by atoms with Crippen LogP contribution in [0.25, 0.3) is 0 Å². The minimum absolute atomic E-state index is 0.345. The SMILES string of the molecule is CC(C)(C)OC(=O)C(C)(C)Oc1ccc(CCOc2ncc(Br)cn2)cc1. The van der Waals surface area contributed by atoms with Crippen molar-refractivity contribution < 1.29 is 19.0 Å². The Morgan fingerprint density at radius 3 is 2.19 bits per heavy atom. The van der Waals surface area contributed by atoms with Crippen molar-refractivity contribution in [1.29, 1.82) is 0 Å². The highest BCUT2D eigenvalue weighted by Gasteiger charge is 2.34. The molecule has 0 radical (unpaired) electrons. The van der Waals surface area contributed by atoms with E-state index >= 15 is 0 Å². The molecule has 146 valence electrons. The molecule has 1 aromatic heterocycles. The van der Waals surface area contributed by atoms with Gasteiger partial charge < -0.3 is 14.2 Å². The van der Waals surface area contributed by atoms with Crippen LogP contribution in [-0.4, -0.2) is 33.7 Å². The Morgan fingerprint density at radius 2 is 1.63 bits per heavy atom. The van der Waals surface area contributed by atoms with Crippen molar-refractivity contribution in [2.75, 3.05) is 6.61 Å². The molecule has 0 unspecified atom stereocenters. The summed E-state index contributed by atoms with van der Waals surface area (Å²) in [5.74, 6) is 0.203. The molecule has 0 atom stereocenters. The minimum atomic E-state index is -1.07. The van der Waals surface area contributed by atoms with Crippen molar-refractivity contribution in [2.24, 2.45) is 0 Å². The monoisotopic (exact) mass is 436 g/mol. The van der Waals surface area contributed by atoms with Gasteiger partial charge in [0.1, 0.15) is 11.4 Å². The Morgan fingerprint density at radius 1 is 1.04 bits per heavy atom. The lowest BCUT2D eigenvalue weighted by Crippen LogP contribution is -2.43. The molecule has 7 heteroatoms. The molecule has 0 aliphatic carbocycles. The summed E-state index contributed by atoms with van der Waals surface area (Å²) in [7, 11) is 0. The molecule has 0 saturated heterocycles. The van der Waals surface area contributed by atoms with Gasteiger partial charge in [0.25, 0.3) is 0 Å². The maximum atomic E-state index is 12.3. The van der Waals surface area contributed by atoms with Crippen LogP contribution in [0.4, 0.5) is 0 Å². The van der Waals surface area contributed by atoms with Crippen LogP contribution in [-0.2, 0) is 16.0 Å². The standard InChI is InChI=1S/C20H25BrN2O4/c1-19(2,3)27-17(24)20(4,5)26-16-8-6-14(7-9-16)10-11-25-18-22-12-15(21)13-23-18/h6-9,12-13H,10-11H2,1-5H3. The van der Waals surface area contributed by atoms with E-state index in [0.29, 0.717) is 24.8 Å². The summed E-state index contributed by atoms with van der Waals surface area (Å²) < 4.78 is 17.5. The van der Waals surface area contributed by atoms with E-state index in [1.165, 1.54) is 0 Å². The smallest absolute Gasteiger partial charge is 0.350 e. The van der Waals surface area contributed by atoms with E-state index < -0.39 is 17.2 Å². The molecule has 0 N–H and O–H groups in total. The predicted molar refractivity (Wildman–Crippen MR) is 106 cm³/mol. The van der Waals surface area contributed by atoms with Gasteiger partial charge in [-0.15, -0.1) is 0 Å². The van der Waals surface area contributed by atoms with Gasteiger partial charge in [0.05, 0.1) is 11.1 Å². The summed E-state index contributed by atoms with van der Waals surface area (Å²) in [5.41, 5.74) is -0.550. The van der Waals surface area contributed by atoms with Crippen molar-refractivity contribution >= 4 is 21.9 Å². The fourth-order valence-electron chi connectivity index (χ4n) is 2.10. The molecule has 0 amide bonds. The topological polar surface area (TPSA) is 70.5 Å². The van der Waals surface area contributed by atoms with E-state index in [9.17, 15) is 4.79 Å². The predicted octanol–water partition coefficient (Wildman–Crippen LogP) is 4.36. The quantitative estimate of drug-likeness (QED) is 0.600. The highest BCUT2D eigenvalue weighted by molar-refractivity contribution is 9.10. The molecule has 0 bridgehead atoms. The lowest BCUT2D eigenvalue weighted by atomic mass is 10.1. The number of rotatable bonds is 7. The number of aromatic nitrogens is 2. The summed E-state index contributed by atoms with van der Waals surface area (Å²) in [4.78, 5) is 20.4. The fourth-order valence-corrected chi connectivity index (χ4v) is 2.30. The van der Waals surface area contributed by atoms with Crippen LogP contribution in [0.2, 0.25) is 0 Å². The van der Waals surface area contributed by atoms with Crippen molar-refractivity contribution in [1.82, 2.24) is 9.97 Å². The van der Waals surface area contributed by atoms with Gasteiger partial charge in [0.15, 0.2) is 5.60 Å². The molecule has 27 heavy (non-hydrogen) atoms. The van der Waals surface area contributed by atoms with Gasteiger partial charge >= 0.3 is 12.0 Å². The first kappa shape index (κ1) is 21.2. The number of benzene rings is 1. The first-order valence-corrected chi connectivity index (χ1v) is 9.46. The first-order valence-electron chi connectivity index (χ1n) is 8.67. The van der Waals surface area contributed by atoms with Gasteiger partial charge in [0, 0.05) is 18.8 Å². The average Bonchev–Trinajstić information content (AvgIpc) is 2.56. The van der Waals surface area contributed by atoms with Crippen LogP contribution in [0.1, 0.15) is 40.2 Å². The number of hydrogen-bond acceptors (Lipinski definition) is 6. The van der Waals surface area contributed by atoms with Crippen LogP contribution >= 0.6 is 15.9 Å². The zero-order valence-electron chi connectivity index (χ0n) is 16.3. The van der Waals surface area contributed by atoms with Crippen LogP contribution in [0.15, 0.2) is 41.1 Å². The Bertz CT molecular complexity index is 753. The Balaban J connectivity index is 1.87. The second-order valence-corrected chi connectivity index (χ2v) is 8.46. The number of carbonyl (C=O) groups is 1. The Hall–Kier alpha value is -2.15. The van der Waals surface area contributed by atoms with Crippen LogP contribution in [0, 0.1) is 0 Å². The number of esters is 1. The normalized spacial score (nSPS) is 11.8. The number of ether oxygens (including phenoxy) is 3. The van der Waals surface area contributed by atoms with Gasteiger partial charge in [-0.2, -0.15) is 0 Å². The van der Waals surface area contributed by atoms with E-state index in [1.54, 1.807) is 26.2 Å². The summed E-state index contributed by atoms with van der Waals surface area (Å²) in [5, 5.41) is 0. The molecule has 0 spiro atoms. The maximum Gasteiger partial charge on any atom is 0.350 e. The highest BCUT2D eigenvalue weighted by atomic mass is 79.9. The third-order valence-corrected chi connectivity index (χ3v) is 3.81. The minimum Gasteiger partial charge on any atom is -0.476 e. The van der Waals surface area contributed by atoms with Gasteiger partial charge in [0.2, 0.25) is 0 Å². The molecule has 1 heterocycles. The molecule has 0 aliphatic heterocycles. The van der Waals surface area contributed by atoms with E-state index in [-0.39, 0.29) is 0 Å². The van der Waals surface area contributed by atoms with E-state index in [2.05, 4.69) is 25.9 Å².